The molecular weight excluding hydrogens is 379 g/mol. The van der Waals surface area contributed by atoms with Gasteiger partial charge in [0.05, 0.1) is 15.6 Å². The summed E-state index contributed by atoms with van der Waals surface area (Å²) in [5.74, 6) is -1.09. The number of anilines is 1. The number of benzene rings is 2. The largest absolute Gasteiger partial charge is 0.505 e. The number of amides is 1. The molecule has 0 aliphatic heterocycles. The van der Waals surface area contributed by atoms with Crippen molar-refractivity contribution in [2.24, 2.45) is 0 Å². The molecule has 21 heavy (non-hydrogen) atoms. The van der Waals surface area contributed by atoms with Crippen LogP contribution in [0.2, 0.25) is 25.1 Å². The topological polar surface area (TPSA) is 49.3 Å². The van der Waals surface area contributed by atoms with E-state index in [2.05, 4.69) is 5.32 Å². The van der Waals surface area contributed by atoms with E-state index < -0.39 is 11.7 Å². The van der Waals surface area contributed by atoms with Crippen molar-refractivity contribution in [1.82, 2.24) is 0 Å². The molecule has 0 aromatic heterocycles. The van der Waals surface area contributed by atoms with Crippen molar-refractivity contribution in [3.8, 4) is 5.75 Å². The molecule has 110 valence electrons. The fourth-order valence-corrected chi connectivity index (χ4v) is 2.71. The van der Waals surface area contributed by atoms with Gasteiger partial charge in [-0.3, -0.25) is 4.79 Å². The Balaban J connectivity index is 2.37. The molecule has 0 saturated carbocycles. The van der Waals surface area contributed by atoms with Crippen molar-refractivity contribution in [2.75, 3.05) is 5.32 Å². The molecule has 2 N–H and O–H groups in total. The molecule has 0 saturated heterocycles. The van der Waals surface area contributed by atoms with Gasteiger partial charge in [0.25, 0.3) is 5.91 Å². The molecule has 0 spiro atoms. The molecule has 2 aromatic rings. The zero-order valence-corrected chi connectivity index (χ0v) is 13.8. The lowest BCUT2D eigenvalue weighted by atomic mass is 10.1. The van der Waals surface area contributed by atoms with E-state index in [9.17, 15) is 9.90 Å². The van der Waals surface area contributed by atoms with Gasteiger partial charge in [-0.1, -0.05) is 58.0 Å². The maximum atomic E-state index is 12.2. The first-order chi connectivity index (χ1) is 9.79. The van der Waals surface area contributed by atoms with Crippen LogP contribution >= 0.6 is 58.0 Å². The van der Waals surface area contributed by atoms with Crippen LogP contribution < -0.4 is 5.32 Å². The average Bonchev–Trinajstić information content (AvgIpc) is 2.39. The number of rotatable bonds is 2. The molecule has 3 nitrogen and oxygen atoms in total. The predicted octanol–water partition coefficient (Wildman–Crippen LogP) is 5.91. The van der Waals surface area contributed by atoms with Crippen molar-refractivity contribution in [3.63, 3.8) is 0 Å². The minimum Gasteiger partial charge on any atom is -0.505 e. The quantitative estimate of drug-likeness (QED) is 0.631. The third kappa shape index (κ3) is 3.68. The second kappa shape index (κ2) is 6.51. The summed E-state index contributed by atoms with van der Waals surface area (Å²) >= 11 is 29.1. The second-order valence-electron chi connectivity index (χ2n) is 3.99. The van der Waals surface area contributed by atoms with Gasteiger partial charge in [0.2, 0.25) is 0 Å². The molecule has 2 rings (SSSR count). The van der Waals surface area contributed by atoms with Crippen molar-refractivity contribution in [1.29, 1.82) is 0 Å². The maximum absolute atomic E-state index is 12.2. The highest BCUT2D eigenvalue weighted by Gasteiger charge is 2.19. The number of hydrogen-bond acceptors (Lipinski definition) is 2. The number of nitrogens with one attached hydrogen (secondary N) is 1. The van der Waals surface area contributed by atoms with Crippen LogP contribution in [0.4, 0.5) is 5.69 Å². The van der Waals surface area contributed by atoms with Crippen LogP contribution in [0.5, 0.6) is 5.75 Å². The summed E-state index contributed by atoms with van der Waals surface area (Å²) in [7, 11) is 0. The zero-order valence-electron chi connectivity index (χ0n) is 10.1. The average molecular weight is 385 g/mol. The van der Waals surface area contributed by atoms with E-state index in [4.69, 9.17) is 58.0 Å². The number of hydrogen-bond donors (Lipinski definition) is 2. The molecule has 0 radical (unpaired) electrons. The van der Waals surface area contributed by atoms with Crippen molar-refractivity contribution in [3.05, 3.63) is 54.9 Å². The standard InChI is InChI=1S/C13H6Cl5NO2/c14-5-1-6(15)3-7(2-5)19-13(21)8-4-9(16)10(17)11(18)12(8)20/h1-4,20H,(H,19,21). The lowest BCUT2D eigenvalue weighted by Crippen LogP contribution is -2.12. The number of phenolic OH excluding ortho intramolecular Hbond substituents is 1. The van der Waals surface area contributed by atoms with Crippen LogP contribution in [0.25, 0.3) is 0 Å². The van der Waals surface area contributed by atoms with Gasteiger partial charge in [0.1, 0.15) is 10.8 Å². The molecule has 0 aliphatic carbocycles. The summed E-state index contributed by atoms with van der Waals surface area (Å²) in [6.45, 7) is 0. The van der Waals surface area contributed by atoms with Crippen LogP contribution in [0, 0.1) is 0 Å². The molecule has 0 atom stereocenters. The van der Waals surface area contributed by atoms with E-state index in [-0.39, 0.29) is 20.6 Å². The first-order valence-electron chi connectivity index (χ1n) is 5.43. The van der Waals surface area contributed by atoms with Gasteiger partial charge in [-0.15, -0.1) is 0 Å². The van der Waals surface area contributed by atoms with Gasteiger partial charge in [0, 0.05) is 15.7 Å². The Labute approximate surface area is 145 Å². The Morgan fingerprint density at radius 2 is 1.48 bits per heavy atom. The van der Waals surface area contributed by atoms with Gasteiger partial charge in [-0.25, -0.2) is 0 Å². The van der Waals surface area contributed by atoms with E-state index in [0.717, 1.165) is 0 Å². The van der Waals surface area contributed by atoms with E-state index in [1.807, 2.05) is 0 Å². The first kappa shape index (κ1) is 16.5. The van der Waals surface area contributed by atoms with Crippen LogP contribution in [0.3, 0.4) is 0 Å². The molecule has 0 heterocycles. The van der Waals surface area contributed by atoms with Crippen molar-refractivity contribution >= 4 is 69.6 Å². The van der Waals surface area contributed by atoms with Crippen molar-refractivity contribution in [2.45, 2.75) is 0 Å². The molecule has 0 aliphatic rings. The van der Waals surface area contributed by atoms with Crippen LogP contribution in [-0.4, -0.2) is 11.0 Å². The Morgan fingerprint density at radius 1 is 0.905 bits per heavy atom. The molecular formula is C13H6Cl5NO2. The fraction of sp³-hybridized carbons (Fsp3) is 0. The number of carbonyl (C=O) groups excluding carboxylic acids is 1. The summed E-state index contributed by atoms with van der Waals surface area (Å²) in [4.78, 5) is 12.2. The summed E-state index contributed by atoms with van der Waals surface area (Å²) in [6.07, 6.45) is 0. The van der Waals surface area contributed by atoms with Gasteiger partial charge in [-0.2, -0.15) is 0 Å². The molecule has 1 amide bonds. The van der Waals surface area contributed by atoms with E-state index in [1.54, 1.807) is 0 Å². The lowest BCUT2D eigenvalue weighted by molar-refractivity contribution is 0.102. The third-order valence-electron chi connectivity index (χ3n) is 2.50. The lowest BCUT2D eigenvalue weighted by Gasteiger charge is -2.10. The highest BCUT2D eigenvalue weighted by Crippen LogP contribution is 2.39. The highest BCUT2D eigenvalue weighted by atomic mass is 35.5. The molecule has 0 bridgehead atoms. The Kier molecular flexibility index (Phi) is 5.12. The van der Waals surface area contributed by atoms with Crippen LogP contribution in [0.15, 0.2) is 24.3 Å². The normalized spacial score (nSPS) is 10.5. The van der Waals surface area contributed by atoms with Crippen LogP contribution in [-0.2, 0) is 0 Å². The molecule has 8 heteroatoms. The highest BCUT2D eigenvalue weighted by molar-refractivity contribution is 6.49. The third-order valence-corrected chi connectivity index (χ3v) is 4.19. The minimum atomic E-state index is -0.633. The van der Waals surface area contributed by atoms with Gasteiger partial charge in [0.15, 0.2) is 0 Å². The fourth-order valence-electron chi connectivity index (χ4n) is 1.58. The Bertz CT molecular complexity index is 713. The smallest absolute Gasteiger partial charge is 0.259 e. The number of halogens is 5. The van der Waals surface area contributed by atoms with Gasteiger partial charge < -0.3 is 10.4 Å². The molecule has 0 fully saturated rings. The Morgan fingerprint density at radius 3 is 2.05 bits per heavy atom. The predicted molar refractivity (Wildman–Crippen MR) is 87.6 cm³/mol. The van der Waals surface area contributed by atoms with Crippen molar-refractivity contribution < 1.29 is 9.90 Å². The summed E-state index contributed by atoms with van der Waals surface area (Å²) < 4.78 is 0. The first-order valence-corrected chi connectivity index (χ1v) is 7.32. The number of carbonyl (C=O) groups is 1. The van der Waals surface area contributed by atoms with E-state index in [0.29, 0.717) is 15.7 Å². The molecule has 2 aromatic carbocycles. The summed E-state index contributed by atoms with van der Waals surface area (Å²) in [6, 6.07) is 5.74. The SMILES string of the molecule is O=C(Nc1cc(Cl)cc(Cl)c1)c1cc(Cl)c(Cl)c(Cl)c1O. The number of aromatic hydroxyl groups is 1. The van der Waals surface area contributed by atoms with Gasteiger partial charge in [-0.05, 0) is 24.3 Å². The second-order valence-corrected chi connectivity index (χ2v) is 6.03. The summed E-state index contributed by atoms with van der Waals surface area (Å²) in [5, 5.41) is 12.9. The number of phenols is 1. The van der Waals surface area contributed by atoms with Crippen LogP contribution in [0.1, 0.15) is 10.4 Å². The maximum Gasteiger partial charge on any atom is 0.259 e. The monoisotopic (exact) mass is 383 g/mol. The van der Waals surface area contributed by atoms with Gasteiger partial charge >= 0.3 is 0 Å². The van der Waals surface area contributed by atoms with E-state index in [1.165, 1.54) is 24.3 Å². The Hall–Kier alpha value is -0.840. The van der Waals surface area contributed by atoms with E-state index >= 15 is 0 Å². The summed E-state index contributed by atoms with van der Waals surface area (Å²) in [5.41, 5.74) is 0.240. The zero-order chi connectivity index (χ0) is 15.7. The molecule has 0 unspecified atom stereocenters. The minimum absolute atomic E-state index is 0.0295.